The predicted molar refractivity (Wildman–Crippen MR) is 73.8 cm³/mol. The maximum atomic E-state index is 9.34. The van der Waals surface area contributed by atoms with E-state index in [1.807, 2.05) is 4.40 Å². The summed E-state index contributed by atoms with van der Waals surface area (Å²) in [6, 6.07) is 8.55. The van der Waals surface area contributed by atoms with Crippen molar-refractivity contribution >= 4 is 16.3 Å². The predicted octanol–water partition coefficient (Wildman–Crippen LogP) is 3.12. The third kappa shape index (κ3) is 1.74. The Balaban J connectivity index is 2.14. The van der Waals surface area contributed by atoms with E-state index in [1.54, 1.807) is 17.5 Å². The maximum Gasteiger partial charge on any atom is 0.194 e. The van der Waals surface area contributed by atoms with Crippen LogP contribution in [0, 0.1) is 0 Å². The van der Waals surface area contributed by atoms with E-state index in [0.29, 0.717) is 0 Å². The van der Waals surface area contributed by atoms with Crippen molar-refractivity contribution in [2.24, 2.45) is 0 Å². The van der Waals surface area contributed by atoms with Gasteiger partial charge in [0.2, 0.25) is 0 Å². The van der Waals surface area contributed by atoms with Gasteiger partial charge in [-0.25, -0.2) is 4.98 Å². The van der Waals surface area contributed by atoms with Crippen LogP contribution < -0.4 is 0 Å². The maximum absolute atomic E-state index is 9.34. The molecule has 0 bridgehead atoms. The lowest BCUT2D eigenvalue weighted by molar-refractivity contribution is 0.276. The minimum Gasteiger partial charge on any atom is -0.390 e. The van der Waals surface area contributed by atoms with Gasteiger partial charge in [0.1, 0.15) is 0 Å². The Bertz CT molecular complexity index is 667. The van der Waals surface area contributed by atoms with Gasteiger partial charge in [0.05, 0.1) is 24.2 Å². The van der Waals surface area contributed by atoms with Gasteiger partial charge in [-0.05, 0) is 17.5 Å². The summed E-state index contributed by atoms with van der Waals surface area (Å²) in [5.74, 6) is 0. The average molecular weight is 258 g/mol. The summed E-state index contributed by atoms with van der Waals surface area (Å²) in [6.07, 6.45) is 2.78. The molecule has 3 rings (SSSR count). The number of rotatable bonds is 3. The van der Waals surface area contributed by atoms with Crippen molar-refractivity contribution in [1.29, 1.82) is 0 Å². The van der Waals surface area contributed by atoms with E-state index in [0.717, 1.165) is 28.3 Å². The molecule has 0 atom stereocenters. The summed E-state index contributed by atoms with van der Waals surface area (Å²) < 4.78 is 2.02. The van der Waals surface area contributed by atoms with E-state index in [9.17, 15) is 5.11 Å². The number of fused-ring (bicyclic) bond motifs is 1. The quantitative estimate of drug-likeness (QED) is 0.783. The highest BCUT2D eigenvalue weighted by Gasteiger charge is 2.10. The normalized spacial score (nSPS) is 11.2. The SMILES string of the molecule is CCc1ccc(-c2csc3ncc(CO)n23)cc1. The Labute approximate surface area is 109 Å². The van der Waals surface area contributed by atoms with Crippen molar-refractivity contribution < 1.29 is 5.11 Å². The monoisotopic (exact) mass is 258 g/mol. The van der Waals surface area contributed by atoms with Crippen LogP contribution in [-0.2, 0) is 13.0 Å². The molecule has 0 aliphatic heterocycles. The number of imidazole rings is 1. The molecule has 0 saturated carbocycles. The molecule has 0 saturated heterocycles. The highest BCUT2D eigenvalue weighted by Crippen LogP contribution is 2.27. The summed E-state index contributed by atoms with van der Waals surface area (Å²) in [5, 5.41) is 11.4. The Morgan fingerprint density at radius 2 is 2.06 bits per heavy atom. The first-order valence-corrected chi connectivity index (χ1v) is 6.85. The zero-order valence-electron chi connectivity index (χ0n) is 10.1. The van der Waals surface area contributed by atoms with Crippen molar-refractivity contribution in [3.63, 3.8) is 0 Å². The zero-order chi connectivity index (χ0) is 12.5. The molecule has 0 fully saturated rings. The molecule has 3 nitrogen and oxygen atoms in total. The lowest BCUT2D eigenvalue weighted by atomic mass is 10.1. The minimum atomic E-state index is 0.0118. The smallest absolute Gasteiger partial charge is 0.194 e. The van der Waals surface area contributed by atoms with Gasteiger partial charge in [-0.3, -0.25) is 4.40 Å². The molecule has 2 heterocycles. The molecule has 0 amide bonds. The van der Waals surface area contributed by atoms with E-state index in [4.69, 9.17) is 0 Å². The Morgan fingerprint density at radius 1 is 1.28 bits per heavy atom. The topological polar surface area (TPSA) is 37.5 Å². The molecule has 18 heavy (non-hydrogen) atoms. The van der Waals surface area contributed by atoms with E-state index in [1.165, 1.54) is 5.56 Å². The number of aromatic nitrogens is 2. The Kier molecular flexibility index (Phi) is 2.89. The van der Waals surface area contributed by atoms with Crippen LogP contribution in [0.15, 0.2) is 35.8 Å². The first-order valence-electron chi connectivity index (χ1n) is 5.97. The van der Waals surface area contributed by atoms with E-state index in [-0.39, 0.29) is 6.61 Å². The largest absolute Gasteiger partial charge is 0.390 e. The third-order valence-electron chi connectivity index (χ3n) is 3.14. The van der Waals surface area contributed by atoms with Crippen LogP contribution in [0.2, 0.25) is 0 Å². The molecule has 92 valence electrons. The van der Waals surface area contributed by atoms with Crippen molar-refractivity contribution in [2.45, 2.75) is 20.0 Å². The van der Waals surface area contributed by atoms with Crippen LogP contribution in [-0.4, -0.2) is 14.5 Å². The number of aliphatic hydroxyl groups is 1. The van der Waals surface area contributed by atoms with Crippen molar-refractivity contribution in [3.8, 4) is 11.3 Å². The number of hydrogen-bond donors (Lipinski definition) is 1. The molecule has 0 aliphatic carbocycles. The van der Waals surface area contributed by atoms with Crippen molar-refractivity contribution in [2.75, 3.05) is 0 Å². The van der Waals surface area contributed by atoms with Crippen molar-refractivity contribution in [1.82, 2.24) is 9.38 Å². The van der Waals surface area contributed by atoms with Gasteiger partial charge in [0.15, 0.2) is 4.96 Å². The van der Waals surface area contributed by atoms with Gasteiger partial charge >= 0.3 is 0 Å². The molecular weight excluding hydrogens is 244 g/mol. The molecule has 3 aromatic rings. The molecule has 2 aromatic heterocycles. The van der Waals surface area contributed by atoms with Crippen LogP contribution in [0.3, 0.4) is 0 Å². The second kappa shape index (κ2) is 4.55. The molecule has 0 aliphatic rings. The van der Waals surface area contributed by atoms with E-state index < -0.39 is 0 Å². The fraction of sp³-hybridized carbons (Fsp3) is 0.214. The number of nitrogens with zero attached hydrogens (tertiary/aromatic N) is 2. The van der Waals surface area contributed by atoms with Crippen LogP contribution >= 0.6 is 11.3 Å². The highest BCUT2D eigenvalue weighted by atomic mass is 32.1. The summed E-state index contributed by atoms with van der Waals surface area (Å²) in [6.45, 7) is 2.16. The number of hydrogen-bond acceptors (Lipinski definition) is 3. The summed E-state index contributed by atoms with van der Waals surface area (Å²) >= 11 is 1.60. The number of thiazole rings is 1. The molecule has 0 spiro atoms. The van der Waals surface area contributed by atoms with Gasteiger partial charge in [-0.2, -0.15) is 0 Å². The summed E-state index contributed by atoms with van der Waals surface area (Å²) in [4.78, 5) is 5.22. The first-order chi connectivity index (χ1) is 8.83. The molecule has 1 N–H and O–H groups in total. The summed E-state index contributed by atoms with van der Waals surface area (Å²) in [7, 11) is 0. The lowest BCUT2D eigenvalue weighted by Gasteiger charge is -2.03. The fourth-order valence-corrected chi connectivity index (χ4v) is 2.98. The standard InChI is InChI=1S/C14H14N2OS/c1-2-10-3-5-11(6-4-10)13-9-18-14-15-7-12(8-17)16(13)14/h3-7,9,17H,2,8H2,1H3. The number of aryl methyl sites for hydroxylation is 1. The third-order valence-corrected chi connectivity index (χ3v) is 3.98. The molecule has 0 radical (unpaired) electrons. The van der Waals surface area contributed by atoms with Crippen LogP contribution in [0.1, 0.15) is 18.2 Å². The number of aliphatic hydroxyl groups excluding tert-OH is 1. The minimum absolute atomic E-state index is 0.0118. The van der Waals surface area contributed by atoms with Crippen LogP contribution in [0.4, 0.5) is 0 Å². The van der Waals surface area contributed by atoms with Crippen LogP contribution in [0.5, 0.6) is 0 Å². The molecule has 0 unspecified atom stereocenters. The first kappa shape index (κ1) is 11.4. The second-order valence-corrected chi connectivity index (χ2v) is 5.03. The highest BCUT2D eigenvalue weighted by molar-refractivity contribution is 7.15. The van der Waals surface area contributed by atoms with Crippen molar-refractivity contribution in [3.05, 3.63) is 47.1 Å². The van der Waals surface area contributed by atoms with E-state index in [2.05, 4.69) is 41.6 Å². The van der Waals surface area contributed by atoms with Gasteiger partial charge in [0.25, 0.3) is 0 Å². The number of benzene rings is 1. The molecular formula is C14H14N2OS. The lowest BCUT2D eigenvalue weighted by Crippen LogP contribution is -1.93. The Hall–Kier alpha value is -1.65. The molecule has 1 aromatic carbocycles. The van der Waals surface area contributed by atoms with Gasteiger partial charge in [-0.15, -0.1) is 11.3 Å². The van der Waals surface area contributed by atoms with E-state index >= 15 is 0 Å². The average Bonchev–Trinajstić information content (AvgIpc) is 3.00. The molecule has 4 heteroatoms. The fourth-order valence-electron chi connectivity index (χ4n) is 2.09. The van der Waals surface area contributed by atoms with Gasteiger partial charge in [0, 0.05) is 5.38 Å². The second-order valence-electron chi connectivity index (χ2n) is 4.20. The van der Waals surface area contributed by atoms with Gasteiger partial charge in [-0.1, -0.05) is 31.2 Å². The van der Waals surface area contributed by atoms with Crippen LogP contribution in [0.25, 0.3) is 16.2 Å². The van der Waals surface area contributed by atoms with Gasteiger partial charge < -0.3 is 5.11 Å². The zero-order valence-corrected chi connectivity index (χ0v) is 10.9. The Morgan fingerprint density at radius 3 is 2.72 bits per heavy atom. The summed E-state index contributed by atoms with van der Waals surface area (Å²) in [5.41, 5.74) is 4.42.